The van der Waals surface area contributed by atoms with E-state index in [-0.39, 0.29) is 16.9 Å². The fourth-order valence-electron chi connectivity index (χ4n) is 2.43. The minimum atomic E-state index is -3.70. The first kappa shape index (κ1) is 20.7. The van der Waals surface area contributed by atoms with E-state index in [2.05, 4.69) is 5.32 Å². The fourth-order valence-corrected chi connectivity index (χ4v) is 2.94. The molecule has 3 N–H and O–H groups in total. The molecule has 0 aliphatic carbocycles. The number of carbonyl (C=O) groups is 1. The molecule has 0 heterocycles. The average molecular weight is 392 g/mol. The Bertz CT molecular complexity index is 893. The van der Waals surface area contributed by atoms with Gasteiger partial charge in [-0.1, -0.05) is 12.1 Å². The Hall–Kier alpha value is -2.58. The van der Waals surface area contributed by atoms with Gasteiger partial charge in [0.15, 0.2) is 11.5 Å². The van der Waals surface area contributed by atoms with Crippen molar-refractivity contribution in [1.29, 1.82) is 0 Å². The first-order valence-electron chi connectivity index (χ1n) is 8.45. The molecule has 2 rings (SSSR count). The van der Waals surface area contributed by atoms with Crippen LogP contribution in [0.3, 0.4) is 0 Å². The molecule has 27 heavy (non-hydrogen) atoms. The van der Waals surface area contributed by atoms with Crippen molar-refractivity contribution in [2.75, 3.05) is 13.7 Å². The second-order valence-corrected chi connectivity index (χ2v) is 7.79. The molecule has 0 aromatic heterocycles. The van der Waals surface area contributed by atoms with Crippen molar-refractivity contribution < 1.29 is 22.7 Å². The topological polar surface area (TPSA) is 108 Å². The summed E-state index contributed by atoms with van der Waals surface area (Å²) in [6, 6.07) is 11.3. The Morgan fingerprint density at radius 2 is 1.78 bits per heavy atom. The number of hydrogen-bond acceptors (Lipinski definition) is 5. The average Bonchev–Trinajstić information content (AvgIpc) is 2.61. The lowest BCUT2D eigenvalue weighted by molar-refractivity contribution is 0.0953. The van der Waals surface area contributed by atoms with Gasteiger partial charge in [0.25, 0.3) is 5.91 Å². The van der Waals surface area contributed by atoms with E-state index in [1.54, 1.807) is 30.3 Å². The summed E-state index contributed by atoms with van der Waals surface area (Å²) < 4.78 is 33.4. The van der Waals surface area contributed by atoms with Crippen LogP contribution < -0.4 is 19.9 Å². The summed E-state index contributed by atoms with van der Waals surface area (Å²) in [5.74, 6) is 0.847. The van der Waals surface area contributed by atoms with Crippen LogP contribution in [0.15, 0.2) is 47.4 Å². The van der Waals surface area contributed by atoms with E-state index in [0.717, 1.165) is 5.56 Å². The number of amides is 1. The third kappa shape index (κ3) is 5.97. The minimum absolute atomic E-state index is 0.000719. The van der Waals surface area contributed by atoms with Gasteiger partial charge in [0.2, 0.25) is 10.0 Å². The van der Waals surface area contributed by atoms with Crippen molar-refractivity contribution in [2.45, 2.75) is 31.3 Å². The number of carbonyl (C=O) groups excluding carboxylic acids is 1. The summed E-state index contributed by atoms with van der Waals surface area (Å²) in [5.41, 5.74) is 1.36. The zero-order chi connectivity index (χ0) is 20.0. The first-order valence-corrected chi connectivity index (χ1v) is 10.00. The van der Waals surface area contributed by atoms with Gasteiger partial charge >= 0.3 is 0 Å². The molecular weight excluding hydrogens is 368 g/mol. The Labute approximate surface area is 159 Å². The van der Waals surface area contributed by atoms with Gasteiger partial charge in [0.05, 0.1) is 18.1 Å². The summed E-state index contributed by atoms with van der Waals surface area (Å²) >= 11 is 0. The summed E-state index contributed by atoms with van der Waals surface area (Å²) in [4.78, 5) is 12.4. The quantitative estimate of drug-likeness (QED) is 0.715. The van der Waals surface area contributed by atoms with Gasteiger partial charge in [-0.15, -0.1) is 0 Å². The van der Waals surface area contributed by atoms with Crippen LogP contribution >= 0.6 is 0 Å². The molecule has 0 aliphatic heterocycles. The molecular formula is C19H24N2O5S. The zero-order valence-electron chi connectivity index (χ0n) is 15.6. The predicted molar refractivity (Wildman–Crippen MR) is 103 cm³/mol. The van der Waals surface area contributed by atoms with Crippen LogP contribution in [0.4, 0.5) is 0 Å². The van der Waals surface area contributed by atoms with Crippen molar-refractivity contribution >= 4 is 15.9 Å². The van der Waals surface area contributed by atoms with Crippen molar-refractivity contribution in [3.8, 4) is 11.5 Å². The summed E-state index contributed by atoms with van der Waals surface area (Å²) in [5, 5.41) is 7.89. The van der Waals surface area contributed by atoms with Gasteiger partial charge in [-0.3, -0.25) is 4.79 Å². The van der Waals surface area contributed by atoms with E-state index < -0.39 is 10.0 Å². The standard InChI is InChI=1S/C19H24N2O5S/c1-13(2)26-17-9-6-15(12-18(17)25-3)19(22)21-11-10-14-4-7-16(8-5-14)27(20,23)24/h4-9,12-13H,10-11H2,1-3H3,(H,21,22)(H2,20,23,24). The molecule has 0 fully saturated rings. The van der Waals surface area contributed by atoms with Gasteiger partial charge in [-0.25, -0.2) is 13.6 Å². The normalized spacial score (nSPS) is 11.3. The van der Waals surface area contributed by atoms with E-state index in [9.17, 15) is 13.2 Å². The van der Waals surface area contributed by atoms with Crippen molar-refractivity contribution in [3.05, 3.63) is 53.6 Å². The van der Waals surface area contributed by atoms with Crippen LogP contribution in [0, 0.1) is 0 Å². The molecule has 0 bridgehead atoms. The molecule has 7 nitrogen and oxygen atoms in total. The monoisotopic (exact) mass is 392 g/mol. The molecule has 0 saturated carbocycles. The highest BCUT2D eigenvalue weighted by Crippen LogP contribution is 2.28. The number of rotatable bonds is 8. The van der Waals surface area contributed by atoms with Crippen molar-refractivity contribution in [2.24, 2.45) is 5.14 Å². The van der Waals surface area contributed by atoms with Gasteiger partial charge < -0.3 is 14.8 Å². The lowest BCUT2D eigenvalue weighted by Crippen LogP contribution is -2.25. The number of ether oxygens (including phenoxy) is 2. The third-order valence-corrected chi connectivity index (χ3v) is 4.67. The molecule has 2 aromatic carbocycles. The van der Waals surface area contributed by atoms with E-state index >= 15 is 0 Å². The number of benzene rings is 2. The molecule has 0 aliphatic rings. The van der Waals surface area contributed by atoms with Crippen molar-refractivity contribution in [3.63, 3.8) is 0 Å². The number of methoxy groups -OCH3 is 1. The van der Waals surface area contributed by atoms with Crippen molar-refractivity contribution in [1.82, 2.24) is 5.32 Å². The van der Waals surface area contributed by atoms with E-state index in [0.29, 0.717) is 30.0 Å². The van der Waals surface area contributed by atoms with Crippen LogP contribution in [0.1, 0.15) is 29.8 Å². The molecule has 0 radical (unpaired) electrons. The van der Waals surface area contributed by atoms with E-state index in [4.69, 9.17) is 14.6 Å². The summed E-state index contributed by atoms with van der Waals surface area (Å²) in [7, 11) is -2.18. The maximum absolute atomic E-state index is 12.3. The van der Waals surface area contributed by atoms with Crippen LogP contribution in [0.25, 0.3) is 0 Å². The third-order valence-electron chi connectivity index (χ3n) is 3.74. The first-order chi connectivity index (χ1) is 12.7. The Morgan fingerprint density at radius 1 is 1.11 bits per heavy atom. The Kier molecular flexibility index (Phi) is 6.81. The number of nitrogens with one attached hydrogen (secondary N) is 1. The molecule has 0 atom stereocenters. The molecule has 2 aromatic rings. The molecule has 0 spiro atoms. The Morgan fingerprint density at radius 3 is 2.33 bits per heavy atom. The number of nitrogens with two attached hydrogens (primary N) is 1. The second kappa shape index (κ2) is 8.88. The molecule has 0 unspecified atom stereocenters. The predicted octanol–water partition coefficient (Wildman–Crippen LogP) is 2.10. The Balaban J connectivity index is 1.95. The fraction of sp³-hybridized carbons (Fsp3) is 0.316. The SMILES string of the molecule is COc1cc(C(=O)NCCc2ccc(S(N)(=O)=O)cc2)ccc1OC(C)C. The zero-order valence-corrected chi connectivity index (χ0v) is 16.4. The van der Waals surface area contributed by atoms with E-state index in [1.807, 2.05) is 13.8 Å². The lowest BCUT2D eigenvalue weighted by atomic mass is 10.1. The highest BCUT2D eigenvalue weighted by molar-refractivity contribution is 7.89. The van der Waals surface area contributed by atoms with Gasteiger partial charge in [0, 0.05) is 12.1 Å². The van der Waals surface area contributed by atoms with Crippen LogP contribution in [-0.2, 0) is 16.4 Å². The minimum Gasteiger partial charge on any atom is -0.493 e. The van der Waals surface area contributed by atoms with Crippen LogP contribution in [-0.4, -0.2) is 34.1 Å². The highest BCUT2D eigenvalue weighted by Gasteiger charge is 2.12. The molecule has 0 saturated heterocycles. The smallest absolute Gasteiger partial charge is 0.251 e. The maximum Gasteiger partial charge on any atom is 0.251 e. The van der Waals surface area contributed by atoms with Gasteiger partial charge in [-0.2, -0.15) is 0 Å². The second-order valence-electron chi connectivity index (χ2n) is 6.23. The molecule has 1 amide bonds. The maximum atomic E-state index is 12.3. The molecule has 8 heteroatoms. The van der Waals surface area contributed by atoms with Gasteiger partial charge in [-0.05, 0) is 56.2 Å². The molecule has 146 valence electrons. The van der Waals surface area contributed by atoms with Crippen LogP contribution in [0.5, 0.6) is 11.5 Å². The van der Waals surface area contributed by atoms with Crippen LogP contribution in [0.2, 0.25) is 0 Å². The summed E-state index contributed by atoms with van der Waals surface area (Å²) in [6.07, 6.45) is 0.557. The number of sulfonamides is 1. The van der Waals surface area contributed by atoms with Gasteiger partial charge in [0.1, 0.15) is 0 Å². The highest BCUT2D eigenvalue weighted by atomic mass is 32.2. The lowest BCUT2D eigenvalue weighted by Gasteiger charge is -2.14. The number of hydrogen-bond donors (Lipinski definition) is 2. The largest absolute Gasteiger partial charge is 0.493 e. The summed E-state index contributed by atoms with van der Waals surface area (Å²) in [6.45, 7) is 4.23. The van der Waals surface area contributed by atoms with E-state index in [1.165, 1.54) is 19.2 Å². The number of primary sulfonamides is 1.